The predicted octanol–water partition coefficient (Wildman–Crippen LogP) is 2.13. The van der Waals surface area contributed by atoms with E-state index in [0.29, 0.717) is 30.6 Å². The number of hydrogen-bond donors (Lipinski definition) is 1. The Morgan fingerprint density at radius 2 is 2.18 bits per heavy atom. The molecule has 22 heavy (non-hydrogen) atoms. The largest absolute Gasteiger partial charge is 0.326 e. The van der Waals surface area contributed by atoms with Gasteiger partial charge in [0.2, 0.25) is 15.9 Å². The molecule has 0 radical (unpaired) electrons. The fraction of sp³-hybridized carbons (Fsp3) is 0.533. The van der Waals surface area contributed by atoms with Crippen LogP contribution in [-0.4, -0.2) is 37.5 Å². The zero-order valence-electron chi connectivity index (χ0n) is 12.8. The number of carbonyl (C=O) groups excluding carboxylic acids is 1. The highest BCUT2D eigenvalue weighted by Crippen LogP contribution is 2.22. The van der Waals surface area contributed by atoms with Gasteiger partial charge in [0.25, 0.3) is 0 Å². The number of carbonyl (C=O) groups is 1. The monoisotopic (exact) mass is 328 g/mol. The van der Waals surface area contributed by atoms with E-state index in [-0.39, 0.29) is 29.9 Å². The van der Waals surface area contributed by atoms with Gasteiger partial charge in [0.15, 0.2) is 0 Å². The molecule has 0 saturated carbocycles. The third-order valence-electron chi connectivity index (χ3n) is 3.80. The molecule has 122 valence electrons. The molecule has 0 spiro atoms. The SMILES string of the molecule is CCCS(=O)(=O)N1CC[C@H](C(=O)Nc2ccc(F)c(C)c2)C1. The topological polar surface area (TPSA) is 66.5 Å². The summed E-state index contributed by atoms with van der Waals surface area (Å²) in [6.45, 7) is 4.03. The van der Waals surface area contributed by atoms with Gasteiger partial charge in [-0.1, -0.05) is 6.92 Å². The summed E-state index contributed by atoms with van der Waals surface area (Å²) in [6.07, 6.45) is 1.07. The maximum Gasteiger partial charge on any atom is 0.228 e. The lowest BCUT2D eigenvalue weighted by Crippen LogP contribution is -2.33. The van der Waals surface area contributed by atoms with E-state index in [0.717, 1.165) is 0 Å². The molecule has 1 fully saturated rings. The Kier molecular flexibility index (Phi) is 5.18. The first-order valence-electron chi connectivity index (χ1n) is 7.38. The summed E-state index contributed by atoms with van der Waals surface area (Å²) in [5, 5.41) is 2.73. The second-order valence-corrected chi connectivity index (χ2v) is 7.70. The fourth-order valence-corrected chi connectivity index (χ4v) is 4.11. The molecule has 5 nitrogen and oxygen atoms in total. The Labute approximate surface area is 130 Å². The second-order valence-electron chi connectivity index (χ2n) is 5.61. The summed E-state index contributed by atoms with van der Waals surface area (Å²) < 4.78 is 38.6. The summed E-state index contributed by atoms with van der Waals surface area (Å²) in [7, 11) is -3.26. The van der Waals surface area contributed by atoms with Gasteiger partial charge in [-0.25, -0.2) is 17.1 Å². The van der Waals surface area contributed by atoms with Gasteiger partial charge < -0.3 is 5.32 Å². The highest BCUT2D eigenvalue weighted by Gasteiger charge is 2.34. The van der Waals surface area contributed by atoms with Crippen LogP contribution in [0.3, 0.4) is 0 Å². The van der Waals surface area contributed by atoms with E-state index in [2.05, 4.69) is 5.32 Å². The molecule has 0 aliphatic carbocycles. The van der Waals surface area contributed by atoms with Crippen LogP contribution in [0.5, 0.6) is 0 Å². The fourth-order valence-electron chi connectivity index (χ4n) is 2.55. The standard InChI is InChI=1S/C15H21FN2O3S/c1-3-8-22(20,21)18-7-6-12(10-18)15(19)17-13-4-5-14(16)11(2)9-13/h4-5,9,12H,3,6-8,10H2,1-2H3,(H,17,19)/t12-/m0/s1. The first-order chi connectivity index (χ1) is 10.3. The van der Waals surface area contributed by atoms with Crippen LogP contribution in [0.1, 0.15) is 25.3 Å². The number of benzene rings is 1. The van der Waals surface area contributed by atoms with E-state index in [9.17, 15) is 17.6 Å². The number of nitrogens with zero attached hydrogens (tertiary/aromatic N) is 1. The zero-order chi connectivity index (χ0) is 16.3. The van der Waals surface area contributed by atoms with Crippen molar-refractivity contribution in [3.05, 3.63) is 29.6 Å². The third kappa shape index (κ3) is 3.84. The smallest absolute Gasteiger partial charge is 0.228 e. The van der Waals surface area contributed by atoms with Gasteiger partial charge in [-0.3, -0.25) is 4.79 Å². The number of halogens is 1. The normalized spacial score (nSPS) is 19.3. The Hall–Kier alpha value is -1.47. The Bertz CT molecular complexity index is 661. The van der Waals surface area contributed by atoms with Gasteiger partial charge in [0.05, 0.1) is 11.7 Å². The molecular formula is C15H21FN2O3S. The molecule has 1 aliphatic heterocycles. The molecule has 0 aromatic heterocycles. The Balaban J connectivity index is 1.98. The molecule has 1 aromatic carbocycles. The predicted molar refractivity (Wildman–Crippen MR) is 83.5 cm³/mol. The number of anilines is 1. The van der Waals surface area contributed by atoms with Gasteiger partial charge in [-0.05, 0) is 43.5 Å². The lowest BCUT2D eigenvalue weighted by atomic mass is 10.1. The van der Waals surface area contributed by atoms with Crippen LogP contribution in [-0.2, 0) is 14.8 Å². The molecule has 1 aromatic rings. The van der Waals surface area contributed by atoms with Crippen LogP contribution >= 0.6 is 0 Å². The minimum Gasteiger partial charge on any atom is -0.326 e. The lowest BCUT2D eigenvalue weighted by molar-refractivity contribution is -0.119. The van der Waals surface area contributed by atoms with Crippen molar-refractivity contribution in [1.82, 2.24) is 4.31 Å². The Morgan fingerprint density at radius 1 is 1.45 bits per heavy atom. The second kappa shape index (κ2) is 6.75. The minimum absolute atomic E-state index is 0.110. The van der Waals surface area contributed by atoms with Gasteiger partial charge in [0, 0.05) is 18.8 Å². The van der Waals surface area contributed by atoms with E-state index in [1.165, 1.54) is 16.4 Å². The van der Waals surface area contributed by atoms with Crippen molar-refractivity contribution in [2.24, 2.45) is 5.92 Å². The van der Waals surface area contributed by atoms with Gasteiger partial charge >= 0.3 is 0 Å². The molecule has 0 unspecified atom stereocenters. The van der Waals surface area contributed by atoms with Crippen molar-refractivity contribution >= 4 is 21.6 Å². The van der Waals surface area contributed by atoms with Crippen molar-refractivity contribution in [1.29, 1.82) is 0 Å². The van der Waals surface area contributed by atoms with Gasteiger partial charge in [0.1, 0.15) is 5.82 Å². The van der Waals surface area contributed by atoms with Crippen molar-refractivity contribution in [2.45, 2.75) is 26.7 Å². The van der Waals surface area contributed by atoms with Crippen molar-refractivity contribution in [3.8, 4) is 0 Å². The molecule has 1 atom stereocenters. The first-order valence-corrected chi connectivity index (χ1v) is 8.99. The summed E-state index contributed by atoms with van der Waals surface area (Å²) in [5.74, 6) is -0.800. The molecule has 0 bridgehead atoms. The molecule has 7 heteroatoms. The molecule has 1 heterocycles. The van der Waals surface area contributed by atoms with Gasteiger partial charge in [-0.2, -0.15) is 0 Å². The Morgan fingerprint density at radius 3 is 2.82 bits per heavy atom. The molecule has 1 saturated heterocycles. The summed E-state index contributed by atoms with van der Waals surface area (Å²) in [5.41, 5.74) is 0.982. The van der Waals surface area contributed by atoms with Gasteiger partial charge in [-0.15, -0.1) is 0 Å². The highest BCUT2D eigenvalue weighted by atomic mass is 32.2. The van der Waals surface area contributed by atoms with Crippen LogP contribution in [0.4, 0.5) is 10.1 Å². The molecule has 2 rings (SSSR count). The average molecular weight is 328 g/mol. The average Bonchev–Trinajstić information content (AvgIpc) is 2.93. The van der Waals surface area contributed by atoms with Crippen LogP contribution in [0.25, 0.3) is 0 Å². The number of hydrogen-bond acceptors (Lipinski definition) is 3. The number of nitrogens with one attached hydrogen (secondary N) is 1. The number of sulfonamides is 1. The van der Waals surface area contributed by atoms with Crippen LogP contribution in [0.2, 0.25) is 0 Å². The molecular weight excluding hydrogens is 307 g/mol. The third-order valence-corrected chi connectivity index (χ3v) is 5.85. The van der Waals surface area contributed by atoms with Crippen molar-refractivity contribution in [3.63, 3.8) is 0 Å². The number of aryl methyl sites for hydroxylation is 1. The number of amides is 1. The summed E-state index contributed by atoms with van der Waals surface area (Å²) >= 11 is 0. The van der Waals surface area contributed by atoms with E-state index in [4.69, 9.17) is 0 Å². The van der Waals surface area contributed by atoms with Crippen LogP contribution < -0.4 is 5.32 Å². The maximum atomic E-state index is 13.2. The van der Waals surface area contributed by atoms with E-state index in [1.54, 1.807) is 13.0 Å². The van der Waals surface area contributed by atoms with E-state index in [1.807, 2.05) is 6.92 Å². The molecule has 1 aliphatic rings. The molecule has 1 N–H and O–H groups in total. The first kappa shape index (κ1) is 16.9. The molecule has 1 amide bonds. The minimum atomic E-state index is -3.26. The lowest BCUT2D eigenvalue weighted by Gasteiger charge is -2.16. The quantitative estimate of drug-likeness (QED) is 0.900. The summed E-state index contributed by atoms with van der Waals surface area (Å²) in [4.78, 5) is 12.2. The van der Waals surface area contributed by atoms with Crippen molar-refractivity contribution in [2.75, 3.05) is 24.2 Å². The summed E-state index contributed by atoms with van der Waals surface area (Å²) in [6, 6.07) is 4.37. The van der Waals surface area contributed by atoms with Crippen LogP contribution in [0.15, 0.2) is 18.2 Å². The number of rotatable bonds is 5. The highest BCUT2D eigenvalue weighted by molar-refractivity contribution is 7.89. The van der Waals surface area contributed by atoms with E-state index < -0.39 is 10.0 Å². The van der Waals surface area contributed by atoms with E-state index >= 15 is 0 Å². The van der Waals surface area contributed by atoms with Crippen LogP contribution in [0, 0.1) is 18.7 Å². The van der Waals surface area contributed by atoms with Crippen molar-refractivity contribution < 1.29 is 17.6 Å². The maximum absolute atomic E-state index is 13.2. The zero-order valence-corrected chi connectivity index (χ0v) is 13.6.